The SMILES string of the molecule is COC(=O)c1ccc(COC(=O)/C=C/c2ccccc2C)o1. The number of benzene rings is 1. The van der Waals surface area contributed by atoms with Crippen molar-refractivity contribution in [3.63, 3.8) is 0 Å². The molecule has 0 saturated carbocycles. The quantitative estimate of drug-likeness (QED) is 0.627. The molecule has 0 N–H and O–H groups in total. The van der Waals surface area contributed by atoms with Gasteiger partial charge in [-0.3, -0.25) is 0 Å². The predicted molar refractivity (Wildman–Crippen MR) is 80.1 cm³/mol. The fourth-order valence-corrected chi connectivity index (χ4v) is 1.79. The van der Waals surface area contributed by atoms with Crippen molar-refractivity contribution in [2.45, 2.75) is 13.5 Å². The number of hydrogen-bond acceptors (Lipinski definition) is 5. The molecular formula is C17H16O5. The van der Waals surface area contributed by atoms with E-state index in [0.717, 1.165) is 11.1 Å². The number of furan rings is 1. The van der Waals surface area contributed by atoms with Crippen molar-refractivity contribution in [1.82, 2.24) is 0 Å². The number of methoxy groups -OCH3 is 1. The van der Waals surface area contributed by atoms with Gasteiger partial charge in [-0.25, -0.2) is 9.59 Å². The third-order valence-electron chi connectivity index (χ3n) is 2.99. The third-order valence-corrected chi connectivity index (χ3v) is 2.99. The van der Waals surface area contributed by atoms with E-state index < -0.39 is 11.9 Å². The van der Waals surface area contributed by atoms with Crippen LogP contribution in [0.2, 0.25) is 0 Å². The molecule has 0 saturated heterocycles. The standard InChI is InChI=1S/C17H16O5/c1-12-5-3-4-6-13(12)7-10-16(18)21-11-14-8-9-15(22-14)17(19)20-2/h3-10H,11H2,1-2H3/b10-7+. The molecule has 0 amide bonds. The highest BCUT2D eigenvalue weighted by Crippen LogP contribution is 2.11. The highest BCUT2D eigenvalue weighted by atomic mass is 16.5. The summed E-state index contributed by atoms with van der Waals surface area (Å²) in [7, 11) is 1.26. The summed E-state index contributed by atoms with van der Waals surface area (Å²) in [6, 6.07) is 10.7. The highest BCUT2D eigenvalue weighted by Gasteiger charge is 2.11. The van der Waals surface area contributed by atoms with Crippen molar-refractivity contribution in [3.05, 3.63) is 65.1 Å². The first-order valence-corrected chi connectivity index (χ1v) is 6.67. The number of rotatable bonds is 5. The Balaban J connectivity index is 1.89. The van der Waals surface area contributed by atoms with Gasteiger partial charge >= 0.3 is 11.9 Å². The lowest BCUT2D eigenvalue weighted by molar-refractivity contribution is -0.139. The van der Waals surface area contributed by atoms with E-state index in [0.29, 0.717) is 5.76 Å². The number of aryl methyl sites for hydroxylation is 1. The van der Waals surface area contributed by atoms with Crippen LogP contribution in [0.1, 0.15) is 27.4 Å². The van der Waals surface area contributed by atoms with Crippen LogP contribution in [0.25, 0.3) is 6.08 Å². The van der Waals surface area contributed by atoms with E-state index in [9.17, 15) is 9.59 Å². The van der Waals surface area contributed by atoms with Crippen molar-refractivity contribution in [2.75, 3.05) is 7.11 Å². The summed E-state index contributed by atoms with van der Waals surface area (Å²) >= 11 is 0. The van der Waals surface area contributed by atoms with Crippen LogP contribution in [-0.2, 0) is 20.9 Å². The Kier molecular flexibility index (Phi) is 5.14. The van der Waals surface area contributed by atoms with Gasteiger partial charge in [0, 0.05) is 6.08 Å². The smallest absolute Gasteiger partial charge is 0.373 e. The first-order chi connectivity index (χ1) is 10.6. The average molecular weight is 300 g/mol. The maximum Gasteiger partial charge on any atom is 0.373 e. The lowest BCUT2D eigenvalue weighted by atomic mass is 10.1. The molecule has 0 atom stereocenters. The summed E-state index contributed by atoms with van der Waals surface area (Å²) in [6.45, 7) is 1.91. The Labute approximate surface area is 128 Å². The molecule has 1 aromatic heterocycles. The van der Waals surface area contributed by atoms with Crippen molar-refractivity contribution < 1.29 is 23.5 Å². The van der Waals surface area contributed by atoms with Gasteiger partial charge in [0.25, 0.3) is 0 Å². The van der Waals surface area contributed by atoms with Gasteiger partial charge in [0.05, 0.1) is 7.11 Å². The van der Waals surface area contributed by atoms with Gasteiger partial charge in [0.15, 0.2) is 0 Å². The van der Waals surface area contributed by atoms with E-state index in [4.69, 9.17) is 9.15 Å². The zero-order valence-corrected chi connectivity index (χ0v) is 12.4. The van der Waals surface area contributed by atoms with E-state index >= 15 is 0 Å². The van der Waals surface area contributed by atoms with Crippen LogP contribution in [-0.4, -0.2) is 19.0 Å². The molecule has 0 radical (unpaired) electrons. The zero-order chi connectivity index (χ0) is 15.9. The summed E-state index contributed by atoms with van der Waals surface area (Å²) in [4.78, 5) is 22.9. The first kappa shape index (κ1) is 15.6. The van der Waals surface area contributed by atoms with Crippen LogP contribution < -0.4 is 0 Å². The number of ether oxygens (including phenoxy) is 2. The van der Waals surface area contributed by atoms with E-state index in [1.54, 1.807) is 12.1 Å². The molecule has 0 aliphatic heterocycles. The fraction of sp³-hybridized carbons (Fsp3) is 0.176. The van der Waals surface area contributed by atoms with Crippen molar-refractivity contribution in [1.29, 1.82) is 0 Å². The minimum atomic E-state index is -0.572. The van der Waals surface area contributed by atoms with Crippen LogP contribution >= 0.6 is 0 Å². The maximum atomic E-state index is 11.7. The second kappa shape index (κ2) is 7.26. The number of hydrogen-bond donors (Lipinski definition) is 0. The molecule has 0 aliphatic rings. The zero-order valence-electron chi connectivity index (χ0n) is 12.4. The Bertz CT molecular complexity index is 697. The van der Waals surface area contributed by atoms with Crippen LogP contribution in [0.5, 0.6) is 0 Å². The molecule has 0 fully saturated rings. The Morgan fingerprint density at radius 2 is 1.95 bits per heavy atom. The van der Waals surface area contributed by atoms with Crippen LogP contribution in [0, 0.1) is 6.92 Å². The van der Waals surface area contributed by atoms with Crippen LogP contribution in [0.4, 0.5) is 0 Å². The van der Waals surface area contributed by atoms with E-state index in [-0.39, 0.29) is 12.4 Å². The van der Waals surface area contributed by atoms with Crippen molar-refractivity contribution in [2.24, 2.45) is 0 Å². The summed E-state index contributed by atoms with van der Waals surface area (Å²) in [5.41, 5.74) is 2.02. The molecule has 0 bridgehead atoms. The van der Waals surface area contributed by atoms with Crippen LogP contribution in [0.15, 0.2) is 46.9 Å². The van der Waals surface area contributed by atoms with Gasteiger partial charge < -0.3 is 13.9 Å². The molecule has 0 spiro atoms. The molecule has 0 aliphatic carbocycles. The minimum Gasteiger partial charge on any atom is -0.463 e. The first-order valence-electron chi connectivity index (χ1n) is 6.67. The topological polar surface area (TPSA) is 65.7 Å². The number of carbonyl (C=O) groups is 2. The monoisotopic (exact) mass is 300 g/mol. The molecule has 5 nitrogen and oxygen atoms in total. The van der Waals surface area contributed by atoms with Gasteiger partial charge in [-0.2, -0.15) is 0 Å². The summed E-state index contributed by atoms with van der Waals surface area (Å²) < 4.78 is 14.8. The molecule has 22 heavy (non-hydrogen) atoms. The lowest BCUT2D eigenvalue weighted by Gasteiger charge is -2.00. The van der Waals surface area contributed by atoms with Crippen molar-refractivity contribution >= 4 is 18.0 Å². The molecule has 1 aromatic carbocycles. The van der Waals surface area contributed by atoms with Crippen LogP contribution in [0.3, 0.4) is 0 Å². The minimum absolute atomic E-state index is 0.0477. The highest BCUT2D eigenvalue weighted by molar-refractivity contribution is 5.87. The summed E-state index contributed by atoms with van der Waals surface area (Å²) in [5.74, 6) is -0.613. The van der Waals surface area contributed by atoms with Gasteiger partial charge in [0.2, 0.25) is 5.76 Å². The molecular weight excluding hydrogens is 284 g/mol. The molecule has 0 unspecified atom stereocenters. The van der Waals surface area contributed by atoms with Crippen molar-refractivity contribution in [3.8, 4) is 0 Å². The van der Waals surface area contributed by atoms with Gasteiger partial charge in [0.1, 0.15) is 12.4 Å². The Hall–Kier alpha value is -2.82. The average Bonchev–Trinajstić information content (AvgIpc) is 3.00. The van der Waals surface area contributed by atoms with E-state index in [1.807, 2.05) is 31.2 Å². The summed E-state index contributed by atoms with van der Waals surface area (Å²) in [6.07, 6.45) is 3.05. The predicted octanol–water partition coefficient (Wildman–Crippen LogP) is 3.13. The Morgan fingerprint density at radius 1 is 1.18 bits per heavy atom. The molecule has 2 rings (SSSR count). The second-order valence-electron chi connectivity index (χ2n) is 4.56. The maximum absolute atomic E-state index is 11.7. The number of esters is 2. The molecule has 5 heteroatoms. The lowest BCUT2D eigenvalue weighted by Crippen LogP contribution is -2.01. The molecule has 114 valence electrons. The summed E-state index contributed by atoms with van der Waals surface area (Å²) in [5, 5.41) is 0. The Morgan fingerprint density at radius 3 is 2.68 bits per heavy atom. The van der Waals surface area contributed by atoms with E-state index in [1.165, 1.54) is 19.3 Å². The fourth-order valence-electron chi connectivity index (χ4n) is 1.79. The molecule has 2 aromatic rings. The largest absolute Gasteiger partial charge is 0.463 e. The normalized spacial score (nSPS) is 10.6. The van der Waals surface area contributed by atoms with Gasteiger partial charge in [-0.1, -0.05) is 24.3 Å². The third kappa shape index (κ3) is 4.09. The second-order valence-corrected chi connectivity index (χ2v) is 4.56. The van der Waals surface area contributed by atoms with E-state index in [2.05, 4.69) is 4.74 Å². The number of carbonyl (C=O) groups excluding carboxylic acids is 2. The van der Waals surface area contributed by atoms with Gasteiger partial charge in [-0.15, -0.1) is 0 Å². The molecule has 1 heterocycles. The van der Waals surface area contributed by atoms with Gasteiger partial charge in [-0.05, 0) is 36.3 Å².